The molecule has 0 saturated heterocycles. The van der Waals surface area contributed by atoms with Gasteiger partial charge < -0.3 is 20.7 Å². The first-order chi connectivity index (χ1) is 17.7. The van der Waals surface area contributed by atoms with E-state index in [9.17, 15) is 4.79 Å². The summed E-state index contributed by atoms with van der Waals surface area (Å²) in [7, 11) is 3.61. The van der Waals surface area contributed by atoms with E-state index in [2.05, 4.69) is 49.0 Å². The minimum atomic E-state index is 0.412. The Kier molecular flexibility index (Phi) is 11.2. The molecule has 36 heavy (non-hydrogen) atoms. The van der Waals surface area contributed by atoms with Crippen LogP contribution in [0.2, 0.25) is 0 Å². The van der Waals surface area contributed by atoms with Gasteiger partial charge in [-0.25, -0.2) is 4.98 Å². The lowest BCUT2D eigenvalue weighted by molar-refractivity contribution is -0.120. The Balaban J connectivity index is 0.000000276. The Morgan fingerprint density at radius 3 is 2.39 bits per heavy atom. The van der Waals surface area contributed by atoms with Gasteiger partial charge in [0.1, 0.15) is 11.6 Å². The second-order valence-corrected chi connectivity index (χ2v) is 8.99. The molecule has 9 nitrogen and oxygen atoms in total. The number of carbonyl (C=O) groups excluding carboxylic acids is 1. The topological polar surface area (TPSA) is 122 Å². The highest BCUT2D eigenvalue weighted by atomic mass is 16.5. The molecule has 4 N–H and O–H groups in total. The standard InChI is InChI=1S/C19H28N6.C7H6O2.CH5N/c1-25(15-9-3-2-4-10-15)19-20-12-11-17(22-19)21-18-13-16(23-24-18)14-7-5-6-8-14;8-6-9-7-4-2-1-3-5-7;1-2/h11-15H,2-10H2,1H3,(H2,20,21,22,23,24);1-6H;2H2,1H3. The molecule has 194 valence electrons. The van der Waals surface area contributed by atoms with Crippen molar-refractivity contribution in [3.8, 4) is 5.75 Å². The van der Waals surface area contributed by atoms with Crippen LogP contribution in [0.5, 0.6) is 5.75 Å². The van der Waals surface area contributed by atoms with Gasteiger partial charge in [0.25, 0.3) is 6.47 Å². The van der Waals surface area contributed by atoms with Crippen molar-refractivity contribution in [2.75, 3.05) is 24.3 Å². The van der Waals surface area contributed by atoms with Gasteiger partial charge in [0, 0.05) is 37.0 Å². The highest BCUT2D eigenvalue weighted by Gasteiger charge is 2.21. The normalized spacial score (nSPS) is 15.6. The number of hydrogen-bond acceptors (Lipinski definition) is 8. The van der Waals surface area contributed by atoms with E-state index in [0.29, 0.717) is 24.2 Å². The molecule has 0 unspecified atom stereocenters. The first-order valence-corrected chi connectivity index (χ1v) is 12.8. The van der Waals surface area contributed by atoms with E-state index >= 15 is 0 Å². The molecule has 0 radical (unpaired) electrons. The molecule has 2 saturated carbocycles. The maximum Gasteiger partial charge on any atom is 0.298 e. The molecule has 2 aliphatic rings. The zero-order chi connectivity index (χ0) is 25.6. The van der Waals surface area contributed by atoms with Gasteiger partial charge in [-0.05, 0) is 50.9 Å². The number of anilines is 3. The number of H-pyrrole nitrogens is 1. The fourth-order valence-electron chi connectivity index (χ4n) is 4.75. The Labute approximate surface area is 213 Å². The number of para-hydroxylation sites is 1. The first kappa shape index (κ1) is 27.1. The molecule has 3 aromatic rings. The quantitative estimate of drug-likeness (QED) is 0.386. The Hall–Kier alpha value is -3.46. The number of aromatic amines is 1. The molecular weight excluding hydrogens is 454 g/mol. The van der Waals surface area contributed by atoms with E-state index < -0.39 is 0 Å². The summed E-state index contributed by atoms with van der Waals surface area (Å²) in [5.74, 6) is 3.65. The number of ether oxygens (including phenoxy) is 1. The number of aromatic nitrogens is 4. The van der Waals surface area contributed by atoms with Crippen LogP contribution in [0.4, 0.5) is 17.6 Å². The van der Waals surface area contributed by atoms with Gasteiger partial charge in [-0.1, -0.05) is 50.3 Å². The van der Waals surface area contributed by atoms with E-state index in [1.165, 1.54) is 70.5 Å². The third-order valence-electron chi connectivity index (χ3n) is 6.66. The predicted molar refractivity (Wildman–Crippen MR) is 144 cm³/mol. The first-order valence-electron chi connectivity index (χ1n) is 12.8. The minimum Gasteiger partial charge on any atom is -0.429 e. The zero-order valence-electron chi connectivity index (χ0n) is 21.4. The lowest BCUT2D eigenvalue weighted by Gasteiger charge is -2.31. The molecule has 0 amide bonds. The monoisotopic (exact) mass is 493 g/mol. The number of nitrogens with zero attached hydrogens (tertiary/aromatic N) is 4. The molecule has 0 bridgehead atoms. The summed E-state index contributed by atoms with van der Waals surface area (Å²) in [4.78, 5) is 21.2. The molecule has 0 atom stereocenters. The third-order valence-corrected chi connectivity index (χ3v) is 6.66. The van der Waals surface area contributed by atoms with Gasteiger partial charge in [0.05, 0.1) is 0 Å². The summed E-state index contributed by atoms with van der Waals surface area (Å²) in [5.41, 5.74) is 5.74. The highest BCUT2D eigenvalue weighted by molar-refractivity contribution is 5.53. The predicted octanol–water partition coefficient (Wildman–Crippen LogP) is 5.17. The van der Waals surface area contributed by atoms with Crippen molar-refractivity contribution >= 4 is 24.1 Å². The van der Waals surface area contributed by atoms with Gasteiger partial charge in [-0.15, -0.1) is 0 Å². The summed E-state index contributed by atoms with van der Waals surface area (Å²) in [6, 6.07) is 13.5. The molecule has 5 rings (SSSR count). The highest BCUT2D eigenvalue weighted by Crippen LogP contribution is 2.34. The van der Waals surface area contributed by atoms with Crippen LogP contribution < -0.4 is 20.7 Å². The lowest BCUT2D eigenvalue weighted by atomic mass is 9.95. The fourth-order valence-corrected chi connectivity index (χ4v) is 4.75. The Morgan fingerprint density at radius 1 is 1.00 bits per heavy atom. The van der Waals surface area contributed by atoms with Crippen LogP contribution in [0, 0.1) is 0 Å². The number of carbonyl (C=O) groups is 1. The maximum atomic E-state index is 9.75. The minimum absolute atomic E-state index is 0.412. The van der Waals surface area contributed by atoms with Gasteiger partial charge in [0.15, 0.2) is 5.82 Å². The molecule has 1 aromatic carbocycles. The molecule has 2 aliphatic carbocycles. The van der Waals surface area contributed by atoms with Crippen molar-refractivity contribution in [1.29, 1.82) is 0 Å². The van der Waals surface area contributed by atoms with Crippen LogP contribution >= 0.6 is 0 Å². The number of hydrogen-bond donors (Lipinski definition) is 3. The third kappa shape index (κ3) is 8.05. The van der Waals surface area contributed by atoms with Crippen molar-refractivity contribution < 1.29 is 9.53 Å². The molecular formula is C27H39N7O2. The van der Waals surface area contributed by atoms with E-state index in [0.717, 1.165) is 17.6 Å². The fraction of sp³-hybridized carbons (Fsp3) is 0.481. The van der Waals surface area contributed by atoms with Crippen molar-refractivity contribution in [3.63, 3.8) is 0 Å². The number of nitrogens with one attached hydrogen (secondary N) is 2. The van der Waals surface area contributed by atoms with Crippen LogP contribution in [-0.4, -0.2) is 46.8 Å². The number of rotatable bonds is 7. The summed E-state index contributed by atoms with van der Waals surface area (Å²) >= 11 is 0. The van der Waals surface area contributed by atoms with Gasteiger partial charge in [-0.3, -0.25) is 9.89 Å². The number of benzene rings is 1. The van der Waals surface area contributed by atoms with Crippen LogP contribution in [0.3, 0.4) is 0 Å². The van der Waals surface area contributed by atoms with E-state index in [4.69, 9.17) is 4.98 Å². The average Bonchev–Trinajstić information content (AvgIpc) is 3.64. The molecule has 0 aliphatic heterocycles. The van der Waals surface area contributed by atoms with E-state index in [-0.39, 0.29) is 0 Å². The van der Waals surface area contributed by atoms with Gasteiger partial charge in [-0.2, -0.15) is 10.1 Å². The van der Waals surface area contributed by atoms with Crippen molar-refractivity contribution in [3.05, 3.63) is 54.4 Å². The van der Waals surface area contributed by atoms with Crippen LogP contribution in [0.1, 0.15) is 69.4 Å². The van der Waals surface area contributed by atoms with Gasteiger partial charge >= 0.3 is 0 Å². The van der Waals surface area contributed by atoms with Crippen molar-refractivity contribution in [1.82, 2.24) is 20.2 Å². The van der Waals surface area contributed by atoms with Crippen LogP contribution in [-0.2, 0) is 4.79 Å². The summed E-state index contributed by atoms with van der Waals surface area (Å²) in [6.07, 6.45) is 13.5. The van der Waals surface area contributed by atoms with Gasteiger partial charge in [0.2, 0.25) is 5.95 Å². The zero-order valence-corrected chi connectivity index (χ0v) is 21.4. The molecule has 2 fully saturated rings. The second kappa shape index (κ2) is 14.8. The second-order valence-electron chi connectivity index (χ2n) is 8.99. The SMILES string of the molecule is CN.CN(c1nccc(Nc2cc(C3CCCC3)[nH]n2)n1)C1CCCCC1.O=COc1ccccc1. The Morgan fingerprint density at radius 2 is 1.69 bits per heavy atom. The smallest absolute Gasteiger partial charge is 0.298 e. The maximum absolute atomic E-state index is 9.75. The van der Waals surface area contributed by atoms with Crippen LogP contribution in [0.25, 0.3) is 0 Å². The lowest BCUT2D eigenvalue weighted by Crippen LogP contribution is -2.34. The Bertz CT molecular complexity index is 1020. The summed E-state index contributed by atoms with van der Waals surface area (Å²) < 4.78 is 4.53. The molecule has 2 heterocycles. The van der Waals surface area contributed by atoms with Crippen LogP contribution in [0.15, 0.2) is 48.7 Å². The van der Waals surface area contributed by atoms with E-state index in [1.54, 1.807) is 24.3 Å². The van der Waals surface area contributed by atoms with Crippen molar-refractivity contribution in [2.24, 2.45) is 5.73 Å². The summed E-state index contributed by atoms with van der Waals surface area (Å²) in [6.45, 7) is 0.412. The van der Waals surface area contributed by atoms with Crippen molar-refractivity contribution in [2.45, 2.75) is 69.7 Å². The number of nitrogens with two attached hydrogens (primary N) is 1. The largest absolute Gasteiger partial charge is 0.429 e. The molecule has 9 heteroatoms. The molecule has 0 spiro atoms. The molecule has 2 aromatic heterocycles. The summed E-state index contributed by atoms with van der Waals surface area (Å²) in [5, 5.41) is 10.9. The van der Waals surface area contributed by atoms with E-state index in [1.807, 2.05) is 18.3 Å². The average molecular weight is 494 g/mol.